The lowest BCUT2D eigenvalue weighted by molar-refractivity contribution is 0.119. The molecule has 0 aromatic rings. The van der Waals surface area contributed by atoms with Crippen molar-refractivity contribution in [3.05, 3.63) is 0 Å². The van der Waals surface area contributed by atoms with Gasteiger partial charge in [0.2, 0.25) is 0 Å². The number of hydrogen-bond donors (Lipinski definition) is 2. The summed E-state index contributed by atoms with van der Waals surface area (Å²) in [5.41, 5.74) is 0. The van der Waals surface area contributed by atoms with Crippen LogP contribution < -0.4 is 5.32 Å². The molecule has 0 amide bonds. The van der Waals surface area contributed by atoms with Crippen LogP contribution in [0.3, 0.4) is 0 Å². The summed E-state index contributed by atoms with van der Waals surface area (Å²) < 4.78 is 0. The van der Waals surface area contributed by atoms with Crippen LogP contribution in [0.25, 0.3) is 0 Å². The molecular weight excluding hydrogens is 202 g/mol. The lowest BCUT2D eigenvalue weighted by Crippen LogP contribution is -2.39. The quantitative estimate of drug-likeness (QED) is 0.614. The van der Waals surface area contributed by atoms with Crippen molar-refractivity contribution in [3.8, 4) is 0 Å². The monoisotopic (exact) mass is 229 g/mol. The Bertz CT molecular complexity index is 172. The summed E-state index contributed by atoms with van der Waals surface area (Å²) in [6.07, 6.45) is 2.46. The number of likely N-dealkylation sites (N-methyl/N-ethyl adjacent to an activating group) is 2. The Kier molecular flexibility index (Phi) is 6.96. The summed E-state index contributed by atoms with van der Waals surface area (Å²) >= 11 is 0. The average Bonchev–Trinajstić information content (AvgIpc) is 2.76. The van der Waals surface area contributed by atoms with Gasteiger partial charge < -0.3 is 20.2 Å². The molecule has 0 saturated carbocycles. The van der Waals surface area contributed by atoms with Gasteiger partial charge in [-0.15, -0.1) is 0 Å². The summed E-state index contributed by atoms with van der Waals surface area (Å²) in [5.74, 6) is 0. The van der Waals surface area contributed by atoms with Crippen LogP contribution in [0.1, 0.15) is 19.8 Å². The molecule has 1 heterocycles. The van der Waals surface area contributed by atoms with E-state index < -0.39 is 0 Å². The molecule has 4 heteroatoms. The first-order chi connectivity index (χ1) is 7.72. The van der Waals surface area contributed by atoms with E-state index in [1.165, 1.54) is 25.9 Å². The first-order valence-corrected chi connectivity index (χ1v) is 6.52. The van der Waals surface area contributed by atoms with Gasteiger partial charge in [-0.2, -0.15) is 0 Å². The molecule has 96 valence electrons. The molecule has 0 aromatic carbocycles. The molecule has 4 nitrogen and oxygen atoms in total. The highest BCUT2D eigenvalue weighted by Crippen LogP contribution is 2.06. The van der Waals surface area contributed by atoms with E-state index >= 15 is 0 Å². The first-order valence-electron chi connectivity index (χ1n) is 6.52. The number of aliphatic hydroxyl groups excluding tert-OH is 1. The third-order valence-electron chi connectivity index (χ3n) is 3.15. The predicted octanol–water partition coefficient (Wildman–Crippen LogP) is -0.0156. The van der Waals surface area contributed by atoms with Gasteiger partial charge in [-0.25, -0.2) is 0 Å². The highest BCUT2D eigenvalue weighted by Gasteiger charge is 2.13. The fourth-order valence-corrected chi connectivity index (χ4v) is 2.14. The topological polar surface area (TPSA) is 38.7 Å². The van der Waals surface area contributed by atoms with E-state index in [0.717, 1.165) is 26.2 Å². The van der Waals surface area contributed by atoms with E-state index in [0.29, 0.717) is 6.54 Å². The maximum Gasteiger partial charge on any atom is 0.0791 e. The second-order valence-electron chi connectivity index (χ2n) is 4.77. The van der Waals surface area contributed by atoms with E-state index in [2.05, 4.69) is 29.1 Å². The van der Waals surface area contributed by atoms with Crippen molar-refractivity contribution in [1.82, 2.24) is 15.1 Å². The summed E-state index contributed by atoms with van der Waals surface area (Å²) in [4.78, 5) is 4.73. The summed E-state index contributed by atoms with van der Waals surface area (Å²) in [5, 5.41) is 12.9. The Morgan fingerprint density at radius 2 is 2.06 bits per heavy atom. The van der Waals surface area contributed by atoms with Crippen LogP contribution in [-0.2, 0) is 0 Å². The fourth-order valence-electron chi connectivity index (χ4n) is 2.14. The summed E-state index contributed by atoms with van der Waals surface area (Å²) in [6, 6.07) is 0. The number of nitrogens with one attached hydrogen (secondary N) is 1. The normalized spacial score (nSPS) is 19.5. The summed E-state index contributed by atoms with van der Waals surface area (Å²) in [6.45, 7) is 9.17. The van der Waals surface area contributed by atoms with Crippen molar-refractivity contribution in [3.63, 3.8) is 0 Å². The Balaban J connectivity index is 2.02. The van der Waals surface area contributed by atoms with Crippen molar-refractivity contribution >= 4 is 0 Å². The van der Waals surface area contributed by atoms with Gasteiger partial charge in [-0.05, 0) is 39.5 Å². The first kappa shape index (κ1) is 13.9. The average molecular weight is 229 g/mol. The third kappa shape index (κ3) is 5.80. The lowest BCUT2D eigenvalue weighted by atomic mass is 10.3. The minimum absolute atomic E-state index is 0.247. The standard InChI is InChI=1S/C12H27N3O/c1-3-13-10-12(16)11-14(2)8-9-15-6-4-5-7-15/h12-13,16H,3-11H2,1-2H3. The zero-order chi connectivity index (χ0) is 11.8. The van der Waals surface area contributed by atoms with Crippen molar-refractivity contribution in [1.29, 1.82) is 0 Å². The molecule has 0 aliphatic carbocycles. The Hall–Kier alpha value is -0.160. The van der Waals surface area contributed by atoms with Gasteiger partial charge in [0.25, 0.3) is 0 Å². The van der Waals surface area contributed by atoms with Crippen LogP contribution in [0.2, 0.25) is 0 Å². The van der Waals surface area contributed by atoms with E-state index in [-0.39, 0.29) is 6.10 Å². The Morgan fingerprint density at radius 1 is 1.38 bits per heavy atom. The number of rotatable bonds is 8. The second kappa shape index (κ2) is 8.01. The minimum atomic E-state index is -0.247. The van der Waals surface area contributed by atoms with Crippen LogP contribution in [0.5, 0.6) is 0 Å². The predicted molar refractivity (Wildman–Crippen MR) is 67.7 cm³/mol. The van der Waals surface area contributed by atoms with Crippen LogP contribution in [-0.4, -0.2) is 73.9 Å². The van der Waals surface area contributed by atoms with Crippen molar-refractivity contribution in [2.24, 2.45) is 0 Å². The van der Waals surface area contributed by atoms with Gasteiger partial charge in [0, 0.05) is 26.2 Å². The van der Waals surface area contributed by atoms with E-state index in [1.54, 1.807) is 0 Å². The second-order valence-corrected chi connectivity index (χ2v) is 4.77. The molecule has 16 heavy (non-hydrogen) atoms. The molecule has 1 aliphatic heterocycles. The molecule has 0 radical (unpaired) electrons. The molecule has 1 aliphatic rings. The van der Waals surface area contributed by atoms with Gasteiger partial charge in [-0.3, -0.25) is 0 Å². The lowest BCUT2D eigenvalue weighted by Gasteiger charge is -2.23. The van der Waals surface area contributed by atoms with Gasteiger partial charge >= 0.3 is 0 Å². The molecular formula is C12H27N3O. The fraction of sp³-hybridized carbons (Fsp3) is 1.00. The SMILES string of the molecule is CCNCC(O)CN(C)CCN1CCCC1. The van der Waals surface area contributed by atoms with E-state index in [4.69, 9.17) is 0 Å². The maximum absolute atomic E-state index is 9.72. The van der Waals surface area contributed by atoms with Gasteiger partial charge in [0.1, 0.15) is 0 Å². The highest BCUT2D eigenvalue weighted by molar-refractivity contribution is 4.69. The van der Waals surface area contributed by atoms with Crippen molar-refractivity contribution in [2.45, 2.75) is 25.9 Å². The molecule has 1 saturated heterocycles. The van der Waals surface area contributed by atoms with Crippen molar-refractivity contribution in [2.75, 3.05) is 52.9 Å². The smallest absolute Gasteiger partial charge is 0.0791 e. The Labute approximate surface area is 99.6 Å². The van der Waals surface area contributed by atoms with Crippen molar-refractivity contribution < 1.29 is 5.11 Å². The van der Waals surface area contributed by atoms with E-state index in [1.807, 2.05) is 0 Å². The minimum Gasteiger partial charge on any atom is -0.390 e. The largest absolute Gasteiger partial charge is 0.390 e. The molecule has 1 fully saturated rings. The number of likely N-dealkylation sites (tertiary alicyclic amines) is 1. The maximum atomic E-state index is 9.72. The molecule has 0 spiro atoms. The van der Waals surface area contributed by atoms with Crippen LogP contribution in [0.4, 0.5) is 0 Å². The zero-order valence-electron chi connectivity index (χ0n) is 10.8. The van der Waals surface area contributed by atoms with Crippen LogP contribution >= 0.6 is 0 Å². The van der Waals surface area contributed by atoms with Gasteiger partial charge in [-0.1, -0.05) is 6.92 Å². The number of nitrogens with zero attached hydrogens (tertiary/aromatic N) is 2. The molecule has 1 unspecified atom stereocenters. The van der Waals surface area contributed by atoms with E-state index in [9.17, 15) is 5.11 Å². The molecule has 1 atom stereocenters. The molecule has 0 bridgehead atoms. The Morgan fingerprint density at radius 3 is 2.69 bits per heavy atom. The van der Waals surface area contributed by atoms with Gasteiger partial charge in [0.15, 0.2) is 0 Å². The molecule has 2 N–H and O–H groups in total. The number of aliphatic hydroxyl groups is 1. The highest BCUT2D eigenvalue weighted by atomic mass is 16.3. The summed E-state index contributed by atoms with van der Waals surface area (Å²) in [7, 11) is 2.09. The van der Waals surface area contributed by atoms with Crippen LogP contribution in [0, 0.1) is 0 Å². The number of hydrogen-bond acceptors (Lipinski definition) is 4. The zero-order valence-corrected chi connectivity index (χ0v) is 10.8. The molecule has 0 aromatic heterocycles. The van der Waals surface area contributed by atoms with Gasteiger partial charge in [0.05, 0.1) is 6.10 Å². The third-order valence-corrected chi connectivity index (χ3v) is 3.15. The van der Waals surface area contributed by atoms with Crippen LogP contribution in [0.15, 0.2) is 0 Å². The molecule has 1 rings (SSSR count).